The molecule has 2 rings (SSSR count). The summed E-state index contributed by atoms with van der Waals surface area (Å²) in [6.45, 7) is 17.0. The summed E-state index contributed by atoms with van der Waals surface area (Å²) in [6, 6.07) is 10.4. The fourth-order valence-corrected chi connectivity index (χ4v) is 4.62. The van der Waals surface area contributed by atoms with E-state index >= 15 is 0 Å². The third-order valence-corrected chi connectivity index (χ3v) is 5.76. The molecule has 166 valence electrons. The second-order valence-electron chi connectivity index (χ2n) is 9.75. The normalized spacial score (nSPS) is 21.8. The van der Waals surface area contributed by atoms with E-state index in [-0.39, 0.29) is 17.2 Å². The van der Waals surface area contributed by atoms with E-state index in [4.69, 9.17) is 14.3 Å². The first-order valence-corrected chi connectivity index (χ1v) is 11.5. The Bertz CT molecular complexity index is 569. The van der Waals surface area contributed by atoms with Crippen molar-refractivity contribution < 1.29 is 14.3 Å². The SMILES string of the molecule is CCCCOC1(OCCCC)CC(C)(C)N(OC(C)c2ccccc2)C(C)(C)C1. The Labute approximate surface area is 178 Å². The number of piperidine rings is 1. The zero-order valence-corrected chi connectivity index (χ0v) is 19.8. The highest BCUT2D eigenvalue weighted by Gasteiger charge is 2.55. The molecule has 0 aromatic heterocycles. The lowest BCUT2D eigenvalue weighted by Gasteiger charge is -2.58. The largest absolute Gasteiger partial charge is 0.350 e. The number of benzene rings is 1. The average Bonchev–Trinajstić information content (AvgIpc) is 2.65. The molecule has 0 radical (unpaired) electrons. The Hall–Kier alpha value is -0.940. The van der Waals surface area contributed by atoms with Gasteiger partial charge in [-0.15, -0.1) is 0 Å². The standard InChI is InChI=1S/C25H43NO3/c1-8-10-17-27-25(28-18-11-9-2)19-23(4,5)26(24(6,7)20-25)29-21(3)22-15-13-12-14-16-22/h12-16,21H,8-11,17-20H2,1-7H3. The zero-order valence-electron chi connectivity index (χ0n) is 19.8. The van der Waals surface area contributed by atoms with Crippen molar-refractivity contribution in [3.05, 3.63) is 35.9 Å². The molecule has 1 unspecified atom stereocenters. The van der Waals surface area contributed by atoms with Crippen molar-refractivity contribution in [2.24, 2.45) is 0 Å². The first-order chi connectivity index (χ1) is 13.7. The number of hydrogen-bond acceptors (Lipinski definition) is 4. The van der Waals surface area contributed by atoms with Crippen LogP contribution in [0.1, 0.15) is 98.7 Å². The van der Waals surface area contributed by atoms with Gasteiger partial charge in [-0.3, -0.25) is 4.84 Å². The Balaban J connectivity index is 2.21. The van der Waals surface area contributed by atoms with E-state index in [1.807, 2.05) is 6.07 Å². The van der Waals surface area contributed by atoms with Gasteiger partial charge in [0.1, 0.15) is 6.10 Å². The monoisotopic (exact) mass is 405 g/mol. The maximum absolute atomic E-state index is 6.57. The minimum Gasteiger partial charge on any atom is -0.350 e. The summed E-state index contributed by atoms with van der Waals surface area (Å²) < 4.78 is 12.9. The van der Waals surface area contributed by atoms with E-state index < -0.39 is 5.79 Å². The van der Waals surface area contributed by atoms with Crippen LogP contribution in [-0.4, -0.2) is 35.1 Å². The minimum absolute atomic E-state index is 0.00994. The van der Waals surface area contributed by atoms with Crippen LogP contribution in [0.2, 0.25) is 0 Å². The lowest BCUT2D eigenvalue weighted by atomic mass is 9.77. The lowest BCUT2D eigenvalue weighted by molar-refractivity contribution is -0.368. The maximum Gasteiger partial charge on any atom is 0.171 e. The third-order valence-electron chi connectivity index (χ3n) is 5.76. The van der Waals surface area contributed by atoms with E-state index in [0.717, 1.165) is 51.7 Å². The second-order valence-corrected chi connectivity index (χ2v) is 9.75. The average molecular weight is 406 g/mol. The van der Waals surface area contributed by atoms with Crippen LogP contribution in [0.25, 0.3) is 0 Å². The summed E-state index contributed by atoms with van der Waals surface area (Å²) in [5, 5.41) is 2.20. The summed E-state index contributed by atoms with van der Waals surface area (Å²) in [5.74, 6) is -0.548. The molecule has 1 fully saturated rings. The van der Waals surface area contributed by atoms with Gasteiger partial charge in [-0.05, 0) is 53.0 Å². The van der Waals surface area contributed by atoms with Crippen LogP contribution in [0.5, 0.6) is 0 Å². The van der Waals surface area contributed by atoms with Gasteiger partial charge in [0.2, 0.25) is 0 Å². The van der Waals surface area contributed by atoms with Gasteiger partial charge in [0.15, 0.2) is 5.79 Å². The van der Waals surface area contributed by atoms with Gasteiger partial charge >= 0.3 is 0 Å². The van der Waals surface area contributed by atoms with E-state index in [1.165, 1.54) is 5.56 Å². The molecule has 0 bridgehead atoms. The highest BCUT2D eigenvalue weighted by Crippen LogP contribution is 2.47. The molecule has 1 atom stereocenters. The van der Waals surface area contributed by atoms with Crippen molar-refractivity contribution in [1.82, 2.24) is 5.06 Å². The molecule has 1 aliphatic heterocycles. The molecule has 4 heteroatoms. The van der Waals surface area contributed by atoms with Crippen molar-refractivity contribution in [2.45, 2.75) is 110 Å². The van der Waals surface area contributed by atoms with Crippen LogP contribution in [0.15, 0.2) is 30.3 Å². The smallest absolute Gasteiger partial charge is 0.171 e. The number of hydrogen-bond donors (Lipinski definition) is 0. The molecule has 0 N–H and O–H groups in total. The molecule has 0 spiro atoms. The molecular formula is C25H43NO3. The highest BCUT2D eigenvalue weighted by atomic mass is 16.7. The first kappa shape index (κ1) is 24.3. The summed E-state index contributed by atoms with van der Waals surface area (Å²) in [4.78, 5) is 6.57. The van der Waals surface area contributed by atoms with Crippen LogP contribution in [0, 0.1) is 0 Å². The molecule has 1 aromatic carbocycles. The number of rotatable bonds is 11. The number of ether oxygens (including phenoxy) is 2. The van der Waals surface area contributed by atoms with Crippen LogP contribution < -0.4 is 0 Å². The molecule has 1 saturated heterocycles. The van der Waals surface area contributed by atoms with Crippen molar-refractivity contribution in [2.75, 3.05) is 13.2 Å². The molecule has 4 nitrogen and oxygen atoms in total. The Kier molecular flexibility index (Phi) is 8.72. The molecule has 29 heavy (non-hydrogen) atoms. The van der Waals surface area contributed by atoms with Gasteiger partial charge in [-0.25, -0.2) is 0 Å². The fourth-order valence-electron chi connectivity index (χ4n) is 4.62. The van der Waals surface area contributed by atoms with Crippen molar-refractivity contribution in [1.29, 1.82) is 0 Å². The maximum atomic E-state index is 6.57. The topological polar surface area (TPSA) is 30.9 Å². The quantitative estimate of drug-likeness (QED) is 0.304. The van der Waals surface area contributed by atoms with Crippen molar-refractivity contribution in [3.63, 3.8) is 0 Å². The summed E-state index contributed by atoms with van der Waals surface area (Å²) >= 11 is 0. The summed E-state index contributed by atoms with van der Waals surface area (Å²) in [6.07, 6.45) is 5.94. The van der Waals surface area contributed by atoms with Crippen LogP contribution in [0.3, 0.4) is 0 Å². The molecule has 0 aliphatic carbocycles. The van der Waals surface area contributed by atoms with Gasteiger partial charge < -0.3 is 9.47 Å². The molecule has 1 aromatic rings. The predicted octanol–water partition coefficient (Wildman–Crippen LogP) is 6.66. The van der Waals surface area contributed by atoms with Gasteiger partial charge in [-0.2, -0.15) is 5.06 Å². The van der Waals surface area contributed by atoms with E-state index in [2.05, 4.69) is 77.8 Å². The molecular weight excluding hydrogens is 362 g/mol. The Morgan fingerprint density at radius 3 is 1.79 bits per heavy atom. The highest BCUT2D eigenvalue weighted by molar-refractivity contribution is 5.17. The van der Waals surface area contributed by atoms with Gasteiger partial charge in [0, 0.05) is 23.9 Å². The summed E-state index contributed by atoms with van der Waals surface area (Å²) in [7, 11) is 0. The van der Waals surface area contributed by atoms with Crippen LogP contribution >= 0.6 is 0 Å². The molecule has 1 aliphatic rings. The van der Waals surface area contributed by atoms with Crippen molar-refractivity contribution in [3.8, 4) is 0 Å². The molecule has 0 saturated carbocycles. The van der Waals surface area contributed by atoms with Gasteiger partial charge in [-0.1, -0.05) is 57.0 Å². The third kappa shape index (κ3) is 6.52. The van der Waals surface area contributed by atoms with Crippen molar-refractivity contribution >= 4 is 0 Å². The Morgan fingerprint density at radius 1 is 0.862 bits per heavy atom. The number of unbranched alkanes of at least 4 members (excludes halogenated alkanes) is 2. The zero-order chi connectivity index (χ0) is 21.5. The number of hydroxylamine groups is 2. The van der Waals surface area contributed by atoms with Crippen LogP contribution in [-0.2, 0) is 14.3 Å². The predicted molar refractivity (Wildman–Crippen MR) is 120 cm³/mol. The number of nitrogens with zero attached hydrogens (tertiary/aromatic N) is 1. The van der Waals surface area contributed by atoms with E-state index in [1.54, 1.807) is 0 Å². The minimum atomic E-state index is -0.548. The van der Waals surface area contributed by atoms with Gasteiger partial charge in [0.05, 0.1) is 13.2 Å². The lowest BCUT2D eigenvalue weighted by Crippen LogP contribution is -2.66. The second kappa shape index (κ2) is 10.4. The molecule has 1 heterocycles. The molecule has 0 amide bonds. The van der Waals surface area contributed by atoms with Crippen LogP contribution in [0.4, 0.5) is 0 Å². The Morgan fingerprint density at radius 2 is 1.34 bits per heavy atom. The first-order valence-electron chi connectivity index (χ1n) is 11.5. The van der Waals surface area contributed by atoms with E-state index in [9.17, 15) is 0 Å². The fraction of sp³-hybridized carbons (Fsp3) is 0.760. The van der Waals surface area contributed by atoms with Gasteiger partial charge in [0.25, 0.3) is 0 Å². The summed E-state index contributed by atoms with van der Waals surface area (Å²) in [5.41, 5.74) is 0.751. The van der Waals surface area contributed by atoms with E-state index in [0.29, 0.717) is 0 Å².